The van der Waals surface area contributed by atoms with Gasteiger partial charge in [0.05, 0.1) is 7.11 Å². The van der Waals surface area contributed by atoms with Crippen molar-refractivity contribution in [3.63, 3.8) is 0 Å². The van der Waals surface area contributed by atoms with E-state index in [1.54, 1.807) is 7.11 Å². The normalized spacial score (nSPS) is 11.8. The Labute approximate surface area is 153 Å². The highest BCUT2D eigenvalue weighted by molar-refractivity contribution is 6.27. The van der Waals surface area contributed by atoms with E-state index in [0.717, 1.165) is 0 Å². The minimum absolute atomic E-state index is 0.0142. The van der Waals surface area contributed by atoms with Gasteiger partial charge in [0.1, 0.15) is 12.7 Å². The molecule has 0 spiro atoms. The van der Waals surface area contributed by atoms with Gasteiger partial charge in [-0.3, -0.25) is 0 Å². The van der Waals surface area contributed by atoms with Crippen LogP contribution in [0.5, 0.6) is 11.5 Å². The molecule has 2 unspecified atom stereocenters. The summed E-state index contributed by atoms with van der Waals surface area (Å²) < 4.78 is 10.8. The Morgan fingerprint density at radius 1 is 1.08 bits per heavy atom. The summed E-state index contributed by atoms with van der Waals surface area (Å²) in [5.41, 5.74) is 4.50. The van der Waals surface area contributed by atoms with E-state index in [4.69, 9.17) is 29.3 Å². The minimum Gasteiger partial charge on any atom is -0.493 e. The number of carboxylic acids is 2. The summed E-state index contributed by atoms with van der Waals surface area (Å²) in [6, 6.07) is 7.73. The lowest BCUT2D eigenvalue weighted by molar-refractivity contribution is -0.159. The van der Waals surface area contributed by atoms with Crippen molar-refractivity contribution in [3.8, 4) is 11.5 Å². The van der Waals surface area contributed by atoms with Crippen molar-refractivity contribution in [2.24, 2.45) is 5.73 Å². The van der Waals surface area contributed by atoms with Crippen molar-refractivity contribution >= 4 is 11.9 Å². The van der Waals surface area contributed by atoms with Crippen LogP contribution in [0.4, 0.5) is 0 Å². The molecule has 0 saturated heterocycles. The number of ether oxygens (including phenoxy) is 2. The van der Waals surface area contributed by atoms with Crippen molar-refractivity contribution in [1.29, 1.82) is 0 Å². The van der Waals surface area contributed by atoms with Crippen LogP contribution in [-0.4, -0.2) is 66.2 Å². The number of benzene rings is 1. The predicted octanol–water partition coefficient (Wildman–Crippen LogP) is 0.552. The van der Waals surface area contributed by atoms with Crippen LogP contribution < -0.4 is 20.5 Å². The average Bonchev–Trinajstić information content (AvgIpc) is 2.61. The first-order chi connectivity index (χ1) is 12.2. The second kappa shape index (κ2) is 14.9. The van der Waals surface area contributed by atoms with Gasteiger partial charge in [0.2, 0.25) is 0 Å². The quantitative estimate of drug-likeness (QED) is 0.431. The molecule has 150 valence electrons. The van der Waals surface area contributed by atoms with Crippen molar-refractivity contribution in [2.75, 3.05) is 20.8 Å². The van der Waals surface area contributed by atoms with Gasteiger partial charge in [-0.25, -0.2) is 9.59 Å². The Balaban J connectivity index is 0. The smallest absolute Gasteiger partial charge is 0.414 e. The third kappa shape index (κ3) is 12.1. The summed E-state index contributed by atoms with van der Waals surface area (Å²) in [7, 11) is 3.10. The van der Waals surface area contributed by atoms with Crippen molar-refractivity contribution < 1.29 is 34.4 Å². The van der Waals surface area contributed by atoms with Gasteiger partial charge in [0.15, 0.2) is 11.5 Å². The molecule has 0 fully saturated rings. The molecule has 0 heterocycles. The molecule has 0 radical (unpaired) electrons. The molecular formula is C17H30N2O7. The van der Waals surface area contributed by atoms with Gasteiger partial charge in [-0.2, -0.15) is 0 Å². The molecule has 26 heavy (non-hydrogen) atoms. The first-order valence-electron chi connectivity index (χ1n) is 7.92. The van der Waals surface area contributed by atoms with Gasteiger partial charge in [-0.15, -0.1) is 0 Å². The SMILES string of the molecule is CN.COc1ccccc1OCC(O)C(C)NC(C)C.O=C(O)C(=O)O. The number of methoxy groups -OCH3 is 1. The lowest BCUT2D eigenvalue weighted by Gasteiger charge is -2.23. The Kier molecular flexibility index (Phi) is 14.9. The fraction of sp³-hybridized carbons (Fsp3) is 0.529. The summed E-state index contributed by atoms with van der Waals surface area (Å²) in [5.74, 6) is -2.32. The standard InChI is InChI=1S/C14H23NO3.C2H2O4.CH5N/c1-10(2)15-11(3)12(16)9-18-14-8-6-5-7-13(14)17-4;3-1(4)2(5)6;1-2/h5-8,10-12,15-16H,9H2,1-4H3;(H,3,4)(H,5,6);2H2,1H3. The van der Waals surface area contributed by atoms with Crippen LogP contribution >= 0.6 is 0 Å². The highest BCUT2D eigenvalue weighted by Crippen LogP contribution is 2.25. The molecule has 9 nitrogen and oxygen atoms in total. The van der Waals surface area contributed by atoms with Crippen LogP contribution in [0.3, 0.4) is 0 Å². The van der Waals surface area contributed by atoms with Crippen LogP contribution in [-0.2, 0) is 9.59 Å². The maximum atomic E-state index is 9.96. The third-order valence-corrected chi connectivity index (χ3v) is 2.84. The first kappa shape index (κ1) is 25.9. The van der Waals surface area contributed by atoms with Crippen LogP contribution in [0.1, 0.15) is 20.8 Å². The Bertz CT molecular complexity index is 512. The molecule has 0 amide bonds. The second-order valence-corrected chi connectivity index (χ2v) is 5.25. The summed E-state index contributed by atoms with van der Waals surface area (Å²) in [4.78, 5) is 18.2. The summed E-state index contributed by atoms with van der Waals surface area (Å²) in [5, 5.41) is 28.0. The van der Waals surface area contributed by atoms with Gasteiger partial charge in [0, 0.05) is 12.1 Å². The van der Waals surface area contributed by atoms with Crippen molar-refractivity contribution in [1.82, 2.24) is 5.32 Å². The molecule has 0 aromatic heterocycles. The van der Waals surface area contributed by atoms with Crippen LogP contribution in [0.15, 0.2) is 24.3 Å². The van der Waals surface area contributed by atoms with Gasteiger partial charge in [-0.05, 0) is 26.1 Å². The van der Waals surface area contributed by atoms with Gasteiger partial charge >= 0.3 is 11.9 Å². The number of carbonyl (C=O) groups is 2. The molecule has 1 rings (SSSR count). The summed E-state index contributed by atoms with van der Waals surface area (Å²) in [6.07, 6.45) is -0.558. The number of hydrogen-bond donors (Lipinski definition) is 5. The molecule has 0 aliphatic rings. The molecule has 0 aliphatic carbocycles. The number of para-hydroxylation sites is 2. The summed E-state index contributed by atoms with van der Waals surface area (Å²) >= 11 is 0. The number of nitrogens with one attached hydrogen (secondary N) is 1. The van der Waals surface area contributed by atoms with E-state index in [1.165, 1.54) is 7.05 Å². The monoisotopic (exact) mass is 374 g/mol. The number of hydrogen-bond acceptors (Lipinski definition) is 7. The molecule has 6 N–H and O–H groups in total. The molecule has 0 bridgehead atoms. The average molecular weight is 374 g/mol. The highest BCUT2D eigenvalue weighted by atomic mass is 16.5. The Hall–Kier alpha value is -2.36. The molecular weight excluding hydrogens is 344 g/mol. The van der Waals surface area contributed by atoms with Crippen molar-refractivity contribution in [3.05, 3.63) is 24.3 Å². The molecule has 0 aliphatic heterocycles. The van der Waals surface area contributed by atoms with E-state index in [-0.39, 0.29) is 12.6 Å². The largest absolute Gasteiger partial charge is 0.493 e. The first-order valence-corrected chi connectivity index (χ1v) is 7.92. The van der Waals surface area contributed by atoms with Crippen LogP contribution in [0, 0.1) is 0 Å². The Morgan fingerprint density at radius 3 is 1.92 bits per heavy atom. The molecule has 1 aromatic carbocycles. The van der Waals surface area contributed by atoms with E-state index in [2.05, 4.69) is 11.1 Å². The van der Waals surface area contributed by atoms with Gasteiger partial charge < -0.3 is 35.8 Å². The number of nitrogens with two attached hydrogens (primary N) is 1. The topological polar surface area (TPSA) is 151 Å². The fourth-order valence-electron chi connectivity index (χ4n) is 1.69. The maximum Gasteiger partial charge on any atom is 0.414 e. The lowest BCUT2D eigenvalue weighted by Crippen LogP contribution is -2.43. The number of aliphatic hydroxyl groups is 1. The Morgan fingerprint density at radius 2 is 1.54 bits per heavy atom. The van der Waals surface area contributed by atoms with E-state index in [1.807, 2.05) is 45.0 Å². The number of aliphatic carboxylic acids is 2. The number of aliphatic hydroxyl groups excluding tert-OH is 1. The van der Waals surface area contributed by atoms with Crippen molar-refractivity contribution in [2.45, 2.75) is 39.0 Å². The van der Waals surface area contributed by atoms with Crippen LogP contribution in [0.25, 0.3) is 0 Å². The highest BCUT2D eigenvalue weighted by Gasteiger charge is 2.16. The molecule has 0 saturated carbocycles. The fourth-order valence-corrected chi connectivity index (χ4v) is 1.69. The zero-order valence-corrected chi connectivity index (χ0v) is 15.8. The molecule has 2 atom stereocenters. The van der Waals surface area contributed by atoms with Gasteiger partial charge in [0.25, 0.3) is 0 Å². The van der Waals surface area contributed by atoms with Gasteiger partial charge in [-0.1, -0.05) is 26.0 Å². The number of rotatable bonds is 7. The summed E-state index contributed by atoms with van der Waals surface area (Å²) in [6.45, 7) is 6.27. The van der Waals surface area contributed by atoms with E-state index < -0.39 is 18.0 Å². The third-order valence-electron chi connectivity index (χ3n) is 2.84. The molecule has 1 aromatic rings. The molecule has 9 heteroatoms. The van der Waals surface area contributed by atoms with E-state index in [9.17, 15) is 5.11 Å². The lowest BCUT2D eigenvalue weighted by atomic mass is 10.2. The maximum absolute atomic E-state index is 9.96. The zero-order chi connectivity index (χ0) is 20.7. The van der Waals surface area contributed by atoms with Crippen LogP contribution in [0.2, 0.25) is 0 Å². The van der Waals surface area contributed by atoms with E-state index in [0.29, 0.717) is 17.5 Å². The predicted molar refractivity (Wildman–Crippen MR) is 97.6 cm³/mol. The second-order valence-electron chi connectivity index (χ2n) is 5.25. The zero-order valence-electron chi connectivity index (χ0n) is 15.8. The minimum atomic E-state index is -1.82. The van der Waals surface area contributed by atoms with E-state index >= 15 is 0 Å². The number of carboxylic acid groups (broad SMARTS) is 2.